The van der Waals surface area contributed by atoms with Gasteiger partial charge in [0, 0.05) is 12.2 Å². The summed E-state index contributed by atoms with van der Waals surface area (Å²) in [4.78, 5) is 23.0. The first-order chi connectivity index (χ1) is 13.4. The van der Waals surface area contributed by atoms with Crippen molar-refractivity contribution in [1.29, 1.82) is 0 Å². The number of carbonyl (C=O) groups is 2. The van der Waals surface area contributed by atoms with Crippen LogP contribution in [0.2, 0.25) is 0 Å². The Labute approximate surface area is 162 Å². The second-order valence-electron chi connectivity index (χ2n) is 5.39. The lowest BCUT2D eigenvalue weighted by Crippen LogP contribution is -2.23. The Kier molecular flexibility index (Phi) is 10.1. The Hall–Kier alpha value is -3.65. The number of aliphatic carboxylic acids is 2. The van der Waals surface area contributed by atoms with Crippen molar-refractivity contribution in [2.75, 3.05) is 13.2 Å². The first-order valence-electron chi connectivity index (χ1n) is 8.31. The molecule has 0 spiro atoms. The number of rotatable bonds is 8. The second-order valence-corrected chi connectivity index (χ2v) is 5.39. The molecule has 148 valence electrons. The van der Waals surface area contributed by atoms with Crippen LogP contribution in [0.3, 0.4) is 0 Å². The normalized spacial score (nSPS) is 10.2. The Bertz CT molecular complexity index is 733. The summed E-state index contributed by atoms with van der Waals surface area (Å²) in [6, 6.07) is 20.2. The van der Waals surface area contributed by atoms with Gasteiger partial charge in [-0.3, -0.25) is 4.99 Å². The molecule has 0 aliphatic heterocycles. The average Bonchev–Trinajstić information content (AvgIpc) is 2.68. The van der Waals surface area contributed by atoms with Crippen molar-refractivity contribution >= 4 is 17.9 Å². The fourth-order valence-electron chi connectivity index (χ4n) is 2.13. The number of nitrogens with two attached hydrogens (primary N) is 2. The Balaban J connectivity index is 0.000000416. The van der Waals surface area contributed by atoms with E-state index in [9.17, 15) is 9.59 Å². The number of benzene rings is 2. The summed E-state index contributed by atoms with van der Waals surface area (Å²) < 4.78 is 5.95. The molecule has 0 heterocycles. The van der Waals surface area contributed by atoms with E-state index in [1.54, 1.807) is 0 Å². The van der Waals surface area contributed by atoms with E-state index < -0.39 is 11.9 Å². The Morgan fingerprint density at radius 2 is 1.32 bits per heavy atom. The number of hydrogen-bond donors (Lipinski definition) is 4. The van der Waals surface area contributed by atoms with Crippen molar-refractivity contribution in [2.45, 2.75) is 6.10 Å². The molecule has 0 saturated carbocycles. The highest BCUT2D eigenvalue weighted by Gasteiger charge is 2.13. The molecule has 8 nitrogen and oxygen atoms in total. The summed E-state index contributed by atoms with van der Waals surface area (Å²) in [5, 5.41) is 15.6. The van der Waals surface area contributed by atoms with Crippen LogP contribution in [0.4, 0.5) is 0 Å². The predicted molar refractivity (Wildman–Crippen MR) is 106 cm³/mol. The number of carboxylic acid groups (broad SMARTS) is 2. The third-order valence-electron chi connectivity index (χ3n) is 3.24. The molecule has 0 radical (unpaired) electrons. The van der Waals surface area contributed by atoms with Crippen LogP contribution in [0.15, 0.2) is 77.8 Å². The quantitative estimate of drug-likeness (QED) is 0.234. The van der Waals surface area contributed by atoms with E-state index in [1.165, 1.54) is 0 Å². The average molecular weight is 385 g/mol. The number of aliphatic imine (C=N–C) groups is 1. The fraction of sp³-hybridized carbons (Fsp3) is 0.150. The lowest BCUT2D eigenvalue weighted by Gasteiger charge is -2.18. The Morgan fingerprint density at radius 1 is 0.893 bits per heavy atom. The van der Waals surface area contributed by atoms with Crippen LogP contribution < -0.4 is 11.5 Å². The largest absolute Gasteiger partial charge is 0.478 e. The van der Waals surface area contributed by atoms with Crippen LogP contribution in [0, 0.1) is 0 Å². The minimum atomic E-state index is -1.26. The van der Waals surface area contributed by atoms with Crippen molar-refractivity contribution in [2.24, 2.45) is 16.5 Å². The monoisotopic (exact) mass is 385 g/mol. The van der Waals surface area contributed by atoms with Crippen LogP contribution in [0.5, 0.6) is 0 Å². The number of hydrogen-bond acceptors (Lipinski definition) is 4. The maximum Gasteiger partial charge on any atom is 0.328 e. The molecule has 0 atom stereocenters. The van der Waals surface area contributed by atoms with Gasteiger partial charge in [0.2, 0.25) is 0 Å². The number of ether oxygens (including phenoxy) is 1. The van der Waals surface area contributed by atoms with E-state index >= 15 is 0 Å². The zero-order valence-corrected chi connectivity index (χ0v) is 15.1. The van der Waals surface area contributed by atoms with E-state index in [4.69, 9.17) is 26.4 Å². The smallest absolute Gasteiger partial charge is 0.328 e. The number of guanidine groups is 1. The van der Waals surface area contributed by atoms with E-state index in [-0.39, 0.29) is 12.1 Å². The molecular formula is C20H23N3O5. The lowest BCUT2D eigenvalue weighted by molar-refractivity contribution is -0.134. The van der Waals surface area contributed by atoms with Gasteiger partial charge in [0.1, 0.15) is 6.10 Å². The van der Waals surface area contributed by atoms with Gasteiger partial charge in [0.15, 0.2) is 5.96 Å². The molecule has 0 aromatic heterocycles. The summed E-state index contributed by atoms with van der Waals surface area (Å²) in [6.45, 7) is 0.921. The molecule has 0 aliphatic carbocycles. The van der Waals surface area contributed by atoms with Gasteiger partial charge in [-0.05, 0) is 11.1 Å². The van der Waals surface area contributed by atoms with Gasteiger partial charge < -0.3 is 26.4 Å². The summed E-state index contributed by atoms with van der Waals surface area (Å²) in [5.41, 5.74) is 12.8. The van der Waals surface area contributed by atoms with Crippen molar-refractivity contribution in [3.05, 3.63) is 83.9 Å². The molecule has 2 aromatic rings. The van der Waals surface area contributed by atoms with E-state index in [0.717, 1.165) is 11.1 Å². The molecule has 0 bridgehead atoms. The molecule has 0 saturated heterocycles. The van der Waals surface area contributed by atoms with Gasteiger partial charge in [-0.15, -0.1) is 0 Å². The highest BCUT2D eigenvalue weighted by atomic mass is 16.5. The SMILES string of the molecule is NC(N)=NCCOC(c1ccccc1)c1ccccc1.O=C(O)C=CC(=O)O. The van der Waals surface area contributed by atoms with Gasteiger partial charge >= 0.3 is 11.9 Å². The molecule has 0 amide bonds. The molecule has 0 fully saturated rings. The molecule has 28 heavy (non-hydrogen) atoms. The zero-order valence-electron chi connectivity index (χ0n) is 15.1. The second kappa shape index (κ2) is 12.7. The van der Waals surface area contributed by atoms with E-state index in [0.29, 0.717) is 25.3 Å². The molecular weight excluding hydrogens is 362 g/mol. The number of carboxylic acids is 2. The highest BCUT2D eigenvalue weighted by molar-refractivity contribution is 5.89. The summed E-state index contributed by atoms with van der Waals surface area (Å²) in [7, 11) is 0. The van der Waals surface area contributed by atoms with E-state index in [2.05, 4.69) is 29.3 Å². The van der Waals surface area contributed by atoms with E-state index in [1.807, 2.05) is 36.4 Å². The maximum atomic E-state index is 9.55. The molecule has 6 N–H and O–H groups in total. The molecule has 2 aromatic carbocycles. The zero-order chi connectivity index (χ0) is 20.8. The van der Waals surface area contributed by atoms with Crippen molar-refractivity contribution in [3.8, 4) is 0 Å². The highest BCUT2D eigenvalue weighted by Crippen LogP contribution is 2.25. The minimum Gasteiger partial charge on any atom is -0.478 e. The summed E-state index contributed by atoms with van der Waals surface area (Å²) in [5.74, 6) is -2.43. The van der Waals surface area contributed by atoms with Crippen molar-refractivity contribution < 1.29 is 24.5 Å². The topological polar surface area (TPSA) is 148 Å². The molecule has 0 unspecified atom stereocenters. The summed E-state index contributed by atoms with van der Waals surface area (Å²) >= 11 is 0. The Morgan fingerprint density at radius 3 is 1.68 bits per heavy atom. The molecule has 0 aliphatic rings. The van der Waals surface area contributed by atoms with Crippen LogP contribution in [0.1, 0.15) is 17.2 Å². The van der Waals surface area contributed by atoms with Crippen LogP contribution in [0.25, 0.3) is 0 Å². The van der Waals surface area contributed by atoms with Crippen LogP contribution >= 0.6 is 0 Å². The third-order valence-corrected chi connectivity index (χ3v) is 3.24. The fourth-order valence-corrected chi connectivity index (χ4v) is 2.13. The standard InChI is InChI=1S/C16H19N3O.C4H4O4/c17-16(18)19-11-12-20-15(13-7-3-1-4-8-13)14-9-5-2-6-10-14;5-3(6)1-2-4(7)8/h1-10,15H,11-12H2,(H4,17,18,19);1-2H,(H,5,6)(H,7,8). The summed E-state index contributed by atoms with van der Waals surface area (Å²) in [6.07, 6.45) is 1.01. The van der Waals surface area contributed by atoms with Gasteiger partial charge in [-0.1, -0.05) is 60.7 Å². The molecule has 8 heteroatoms. The van der Waals surface area contributed by atoms with Gasteiger partial charge in [0.25, 0.3) is 0 Å². The van der Waals surface area contributed by atoms with Crippen LogP contribution in [-0.2, 0) is 14.3 Å². The molecule has 2 rings (SSSR count). The first kappa shape index (κ1) is 22.4. The maximum absolute atomic E-state index is 9.55. The first-order valence-corrected chi connectivity index (χ1v) is 8.31. The van der Waals surface area contributed by atoms with Crippen LogP contribution in [-0.4, -0.2) is 41.3 Å². The van der Waals surface area contributed by atoms with Crippen molar-refractivity contribution in [3.63, 3.8) is 0 Å². The van der Waals surface area contributed by atoms with Crippen molar-refractivity contribution in [1.82, 2.24) is 0 Å². The predicted octanol–water partition coefficient (Wildman–Crippen LogP) is 1.78. The third kappa shape index (κ3) is 9.73. The minimum absolute atomic E-state index is 0.0876. The van der Waals surface area contributed by atoms with Gasteiger partial charge in [-0.2, -0.15) is 0 Å². The van der Waals surface area contributed by atoms with Gasteiger partial charge in [-0.25, -0.2) is 9.59 Å². The number of nitrogens with zero attached hydrogens (tertiary/aromatic N) is 1. The lowest BCUT2D eigenvalue weighted by atomic mass is 10.0. The van der Waals surface area contributed by atoms with Gasteiger partial charge in [0.05, 0.1) is 13.2 Å².